The molecule has 0 atom stereocenters. The molecule has 0 amide bonds. The third kappa shape index (κ3) is 8.13. The van der Waals surface area contributed by atoms with Gasteiger partial charge in [-0.15, -0.1) is 0 Å². The van der Waals surface area contributed by atoms with Crippen LogP contribution in [-0.4, -0.2) is 24.5 Å². The predicted octanol–water partition coefficient (Wildman–Crippen LogP) is 6.24. The van der Waals surface area contributed by atoms with Gasteiger partial charge in [0.25, 0.3) is 0 Å². The van der Waals surface area contributed by atoms with Crippen LogP contribution in [0, 0.1) is 10.8 Å². The molecular formula is C21H38N2. The highest BCUT2D eigenvalue weighted by molar-refractivity contribution is 5.69. The highest BCUT2D eigenvalue weighted by Crippen LogP contribution is 2.33. The summed E-state index contributed by atoms with van der Waals surface area (Å²) in [6, 6.07) is 1.19. The summed E-state index contributed by atoms with van der Waals surface area (Å²) in [7, 11) is 0. The summed E-state index contributed by atoms with van der Waals surface area (Å²) in [6.45, 7) is 9.29. The average Bonchev–Trinajstić information content (AvgIpc) is 3.25. The van der Waals surface area contributed by atoms with Gasteiger partial charge in [0.1, 0.15) is 0 Å². The smallest absolute Gasteiger partial charge is 0.0497 e. The lowest BCUT2D eigenvalue weighted by Crippen LogP contribution is -2.26. The van der Waals surface area contributed by atoms with E-state index < -0.39 is 0 Å². The number of nitrogens with zero attached hydrogens (tertiary/aromatic N) is 2. The molecule has 2 aliphatic carbocycles. The van der Waals surface area contributed by atoms with Crippen LogP contribution in [0.25, 0.3) is 0 Å². The topological polar surface area (TPSA) is 24.7 Å². The molecule has 0 aliphatic heterocycles. The lowest BCUT2D eigenvalue weighted by Gasteiger charge is -2.30. The van der Waals surface area contributed by atoms with Crippen LogP contribution in [0.15, 0.2) is 9.98 Å². The number of hydrogen-bond donors (Lipinski definition) is 0. The van der Waals surface area contributed by atoms with Crippen LogP contribution < -0.4 is 0 Å². The molecule has 0 aromatic rings. The molecule has 0 heterocycles. The SMILES string of the molecule is CC(C)(/C=N/C1CCCCCCCC1)CC(C)(C)/C=N/C1CC1. The number of aliphatic imine (C=N–C) groups is 2. The second-order valence-corrected chi connectivity index (χ2v) is 9.29. The van der Waals surface area contributed by atoms with Crippen molar-refractivity contribution in [1.82, 2.24) is 0 Å². The second-order valence-electron chi connectivity index (χ2n) is 9.29. The summed E-state index contributed by atoms with van der Waals surface area (Å²) in [5, 5.41) is 0. The first-order valence-corrected chi connectivity index (χ1v) is 9.95. The van der Waals surface area contributed by atoms with Gasteiger partial charge in [-0.1, -0.05) is 66.2 Å². The lowest BCUT2D eigenvalue weighted by atomic mass is 9.76. The van der Waals surface area contributed by atoms with Gasteiger partial charge in [-0.2, -0.15) is 0 Å². The maximum absolute atomic E-state index is 5.02. The molecule has 2 nitrogen and oxygen atoms in total. The molecule has 0 aromatic carbocycles. The second kappa shape index (κ2) is 8.44. The largest absolute Gasteiger partial charge is 0.294 e. The quantitative estimate of drug-likeness (QED) is 0.518. The van der Waals surface area contributed by atoms with Crippen LogP contribution in [0.3, 0.4) is 0 Å². The van der Waals surface area contributed by atoms with Crippen molar-refractivity contribution in [3.05, 3.63) is 0 Å². The van der Waals surface area contributed by atoms with E-state index in [1.54, 1.807) is 0 Å². The Kier molecular flexibility index (Phi) is 6.85. The van der Waals surface area contributed by atoms with Crippen molar-refractivity contribution in [1.29, 1.82) is 0 Å². The zero-order valence-electron chi connectivity index (χ0n) is 16.0. The van der Waals surface area contributed by atoms with E-state index in [2.05, 4.69) is 40.1 Å². The van der Waals surface area contributed by atoms with Crippen LogP contribution in [0.1, 0.15) is 98.3 Å². The third-order valence-electron chi connectivity index (χ3n) is 5.05. The van der Waals surface area contributed by atoms with Crippen molar-refractivity contribution < 1.29 is 0 Å². The van der Waals surface area contributed by atoms with E-state index >= 15 is 0 Å². The van der Waals surface area contributed by atoms with Crippen LogP contribution in [0.2, 0.25) is 0 Å². The molecule has 0 unspecified atom stereocenters. The van der Waals surface area contributed by atoms with Gasteiger partial charge in [0, 0.05) is 35.3 Å². The monoisotopic (exact) mass is 318 g/mol. The standard InChI is InChI=1S/C21H38N2/c1-20(2,15-21(3,4)17-23-19-13-14-19)16-22-18-11-9-7-5-6-8-10-12-18/h16-19H,5-15H2,1-4H3/b22-16+,23-17+. The Balaban J connectivity index is 1.86. The van der Waals surface area contributed by atoms with Gasteiger partial charge in [-0.05, 0) is 32.1 Å². The summed E-state index contributed by atoms with van der Waals surface area (Å²) in [4.78, 5) is 9.73. The van der Waals surface area contributed by atoms with E-state index in [9.17, 15) is 0 Å². The Morgan fingerprint density at radius 3 is 1.48 bits per heavy atom. The summed E-state index contributed by atoms with van der Waals surface area (Å²) in [6.07, 6.45) is 19.1. The molecule has 2 saturated carbocycles. The zero-order valence-corrected chi connectivity index (χ0v) is 16.0. The van der Waals surface area contributed by atoms with Crippen LogP contribution in [-0.2, 0) is 0 Å². The maximum Gasteiger partial charge on any atom is 0.0497 e. The van der Waals surface area contributed by atoms with Crippen molar-refractivity contribution in [3.8, 4) is 0 Å². The van der Waals surface area contributed by atoms with Crippen molar-refractivity contribution in [2.24, 2.45) is 20.8 Å². The molecule has 0 bridgehead atoms. The van der Waals surface area contributed by atoms with Crippen LogP contribution in [0.5, 0.6) is 0 Å². The Labute approximate surface area is 144 Å². The van der Waals surface area contributed by atoms with Crippen LogP contribution in [0.4, 0.5) is 0 Å². The normalized spacial score (nSPS) is 23.1. The number of hydrogen-bond acceptors (Lipinski definition) is 2. The molecule has 0 saturated heterocycles. The molecule has 23 heavy (non-hydrogen) atoms. The van der Waals surface area contributed by atoms with Crippen molar-refractivity contribution in [2.45, 2.75) is 110 Å². The summed E-state index contributed by atoms with van der Waals surface area (Å²) in [5.74, 6) is 0. The first-order valence-electron chi connectivity index (χ1n) is 9.95. The molecule has 2 fully saturated rings. The summed E-state index contributed by atoms with van der Waals surface area (Å²) < 4.78 is 0. The Morgan fingerprint density at radius 1 is 0.652 bits per heavy atom. The van der Waals surface area contributed by atoms with E-state index in [0.29, 0.717) is 12.1 Å². The minimum Gasteiger partial charge on any atom is -0.294 e. The third-order valence-corrected chi connectivity index (χ3v) is 5.05. The zero-order chi connectivity index (χ0) is 16.8. The van der Waals surface area contributed by atoms with E-state index in [0.717, 1.165) is 6.42 Å². The van der Waals surface area contributed by atoms with Crippen molar-refractivity contribution >= 4 is 12.4 Å². The first kappa shape index (κ1) is 18.7. The fourth-order valence-corrected chi connectivity index (χ4v) is 3.86. The minimum absolute atomic E-state index is 0.150. The van der Waals surface area contributed by atoms with Gasteiger partial charge < -0.3 is 0 Å². The number of rotatable bonds is 6. The summed E-state index contributed by atoms with van der Waals surface area (Å²) >= 11 is 0. The Hall–Kier alpha value is -0.660. The minimum atomic E-state index is 0.150. The maximum atomic E-state index is 5.02. The molecule has 0 N–H and O–H groups in total. The van der Waals surface area contributed by atoms with Gasteiger partial charge in [0.2, 0.25) is 0 Å². The van der Waals surface area contributed by atoms with Gasteiger partial charge in [-0.25, -0.2) is 0 Å². The predicted molar refractivity (Wildman–Crippen MR) is 103 cm³/mol. The first-order chi connectivity index (χ1) is 10.9. The van der Waals surface area contributed by atoms with Gasteiger partial charge in [-0.3, -0.25) is 9.98 Å². The van der Waals surface area contributed by atoms with E-state index in [-0.39, 0.29) is 10.8 Å². The van der Waals surface area contributed by atoms with Crippen molar-refractivity contribution in [3.63, 3.8) is 0 Å². The highest BCUT2D eigenvalue weighted by Gasteiger charge is 2.28. The molecule has 2 rings (SSSR count). The van der Waals surface area contributed by atoms with Crippen LogP contribution >= 0.6 is 0 Å². The molecule has 132 valence electrons. The fraction of sp³-hybridized carbons (Fsp3) is 0.905. The molecule has 2 heteroatoms. The summed E-state index contributed by atoms with van der Waals surface area (Å²) in [5.41, 5.74) is 0.314. The van der Waals surface area contributed by atoms with E-state index in [1.165, 1.54) is 64.2 Å². The lowest BCUT2D eigenvalue weighted by molar-refractivity contribution is 0.347. The molecule has 0 aromatic heterocycles. The Morgan fingerprint density at radius 2 is 1.04 bits per heavy atom. The molecule has 2 aliphatic rings. The molecular weight excluding hydrogens is 280 g/mol. The Bertz CT molecular complexity index is 392. The highest BCUT2D eigenvalue weighted by atomic mass is 14.8. The van der Waals surface area contributed by atoms with Gasteiger partial charge in [0.05, 0.1) is 0 Å². The van der Waals surface area contributed by atoms with Gasteiger partial charge in [0.15, 0.2) is 0 Å². The molecule has 0 spiro atoms. The van der Waals surface area contributed by atoms with Crippen molar-refractivity contribution in [2.75, 3.05) is 0 Å². The molecule has 0 radical (unpaired) electrons. The average molecular weight is 319 g/mol. The fourth-order valence-electron chi connectivity index (χ4n) is 3.86. The van der Waals surface area contributed by atoms with E-state index in [1.807, 2.05) is 0 Å². The van der Waals surface area contributed by atoms with Gasteiger partial charge >= 0.3 is 0 Å². The van der Waals surface area contributed by atoms with E-state index in [4.69, 9.17) is 9.98 Å².